The van der Waals surface area contributed by atoms with Gasteiger partial charge in [0.1, 0.15) is 22.6 Å². The molecule has 3 aromatic heterocycles. The molecule has 0 saturated heterocycles. The number of allylic oxidation sites excluding steroid dienone is 1. The molecule has 0 spiro atoms. The van der Waals surface area contributed by atoms with Gasteiger partial charge in [0.05, 0.1) is 30.4 Å². The Labute approximate surface area is 193 Å². The highest BCUT2D eigenvalue weighted by atomic mass is 19.1. The van der Waals surface area contributed by atoms with Crippen molar-refractivity contribution >= 4 is 22.6 Å². The number of fused-ring (bicyclic) bond motifs is 2. The Kier molecular flexibility index (Phi) is 4.65. The van der Waals surface area contributed by atoms with Crippen molar-refractivity contribution in [3.8, 4) is 28.3 Å². The zero-order valence-electron chi connectivity index (χ0n) is 18.6. The van der Waals surface area contributed by atoms with Gasteiger partial charge in [-0.15, -0.1) is 0 Å². The van der Waals surface area contributed by atoms with E-state index in [0.29, 0.717) is 5.75 Å². The van der Waals surface area contributed by atoms with Gasteiger partial charge in [-0.05, 0) is 54.0 Å². The highest BCUT2D eigenvalue weighted by Crippen LogP contribution is 2.33. The molecule has 2 aromatic carbocycles. The van der Waals surface area contributed by atoms with Crippen LogP contribution in [0, 0.1) is 5.82 Å². The number of aromatic amines is 3. The average molecular weight is 452 g/mol. The zero-order chi connectivity index (χ0) is 23.2. The van der Waals surface area contributed by atoms with Crippen molar-refractivity contribution in [2.45, 2.75) is 13.0 Å². The summed E-state index contributed by atoms with van der Waals surface area (Å²) in [7, 11) is 1.53. The monoisotopic (exact) mass is 452 g/mol. The van der Waals surface area contributed by atoms with Crippen molar-refractivity contribution in [3.05, 3.63) is 83.0 Å². The summed E-state index contributed by atoms with van der Waals surface area (Å²) in [4.78, 5) is 8.44. The number of halogens is 1. The van der Waals surface area contributed by atoms with E-state index < -0.39 is 0 Å². The quantitative estimate of drug-likeness (QED) is 0.385. The van der Waals surface area contributed by atoms with Crippen molar-refractivity contribution in [3.63, 3.8) is 0 Å². The minimum atomic E-state index is -0.344. The fraction of sp³-hybridized carbons (Fsp3) is 0.115. The van der Waals surface area contributed by atoms with Gasteiger partial charge < -0.3 is 9.72 Å². The number of hydrogen-bond acceptors (Lipinski definition) is 4. The third-order valence-corrected chi connectivity index (χ3v) is 6.14. The van der Waals surface area contributed by atoms with Crippen molar-refractivity contribution in [1.82, 2.24) is 25.4 Å². The Hall–Kier alpha value is -4.46. The van der Waals surface area contributed by atoms with Crippen LogP contribution in [0.15, 0.2) is 65.9 Å². The molecule has 0 bridgehead atoms. The summed E-state index contributed by atoms with van der Waals surface area (Å²) in [6, 6.07) is 12.6. The predicted molar refractivity (Wildman–Crippen MR) is 129 cm³/mol. The topological polar surface area (TPSA) is 94.7 Å². The molecule has 3 N–H and O–H groups in total. The molecule has 0 amide bonds. The van der Waals surface area contributed by atoms with E-state index in [0.717, 1.165) is 55.3 Å². The van der Waals surface area contributed by atoms with Crippen LogP contribution in [0.3, 0.4) is 0 Å². The van der Waals surface area contributed by atoms with Gasteiger partial charge in [0, 0.05) is 28.7 Å². The number of H-pyrrole nitrogens is 3. The van der Waals surface area contributed by atoms with E-state index in [4.69, 9.17) is 9.73 Å². The summed E-state index contributed by atoms with van der Waals surface area (Å²) in [6.45, 7) is 2.05. The van der Waals surface area contributed by atoms with Crippen LogP contribution in [-0.4, -0.2) is 38.5 Å². The summed E-state index contributed by atoms with van der Waals surface area (Å²) in [5.74, 6) is 0.133. The Morgan fingerprint density at radius 2 is 1.97 bits per heavy atom. The lowest BCUT2D eigenvalue weighted by atomic mass is 10.0. The molecule has 34 heavy (non-hydrogen) atoms. The first-order valence-electron chi connectivity index (χ1n) is 10.9. The van der Waals surface area contributed by atoms with Crippen LogP contribution >= 0.6 is 0 Å². The SMILES string of the molecule is COc1cc(F)cc(-c2cccc3[nH]c(-c4n[nH]c5c4=N[C@@H](C)C(c4cn[nH]c4)=CC=5)cc23)c1. The van der Waals surface area contributed by atoms with Gasteiger partial charge in [-0.25, -0.2) is 4.39 Å². The summed E-state index contributed by atoms with van der Waals surface area (Å²) in [6.07, 6.45) is 7.71. The fourth-order valence-electron chi connectivity index (χ4n) is 4.48. The van der Waals surface area contributed by atoms with Gasteiger partial charge in [-0.3, -0.25) is 15.2 Å². The number of hydrogen-bond donors (Lipinski definition) is 3. The van der Waals surface area contributed by atoms with E-state index in [1.807, 2.05) is 48.7 Å². The van der Waals surface area contributed by atoms with Gasteiger partial charge >= 0.3 is 0 Å². The van der Waals surface area contributed by atoms with Crippen LogP contribution in [0.4, 0.5) is 4.39 Å². The smallest absolute Gasteiger partial charge is 0.134 e. The molecule has 8 heteroatoms. The molecule has 0 radical (unpaired) electrons. The highest BCUT2D eigenvalue weighted by molar-refractivity contribution is 5.98. The van der Waals surface area contributed by atoms with Crippen LogP contribution in [0.25, 0.3) is 45.1 Å². The van der Waals surface area contributed by atoms with Crippen molar-refractivity contribution < 1.29 is 9.13 Å². The Morgan fingerprint density at radius 3 is 2.79 bits per heavy atom. The first-order valence-corrected chi connectivity index (χ1v) is 10.9. The van der Waals surface area contributed by atoms with Gasteiger partial charge in [-0.1, -0.05) is 18.2 Å². The molecule has 0 unspecified atom stereocenters. The van der Waals surface area contributed by atoms with Crippen LogP contribution in [-0.2, 0) is 0 Å². The molecule has 1 aliphatic rings. The standard InChI is InChI=1S/C26H21FN6O/c1-14-19(16-12-28-29-13-16)6-7-23-25(30-14)26(33-32-23)24-11-21-20(4-3-5-22(21)31-24)15-8-17(27)10-18(9-15)34-2/h3-14,31-32H,1-2H3,(H,28,29)/t14-/m0/s1. The van der Waals surface area contributed by atoms with Gasteiger partial charge in [-0.2, -0.15) is 10.2 Å². The predicted octanol–water partition coefficient (Wildman–Crippen LogP) is 3.98. The average Bonchev–Trinajstić information content (AvgIpc) is 3.57. The van der Waals surface area contributed by atoms with E-state index in [9.17, 15) is 4.39 Å². The van der Waals surface area contributed by atoms with Gasteiger partial charge in [0.2, 0.25) is 0 Å². The molecule has 0 fully saturated rings. The molecule has 1 atom stereocenters. The molecule has 0 saturated carbocycles. The van der Waals surface area contributed by atoms with E-state index in [1.165, 1.54) is 19.2 Å². The second kappa shape index (κ2) is 7.84. The maximum atomic E-state index is 14.2. The molecule has 4 heterocycles. The number of ether oxygens (including phenoxy) is 1. The summed E-state index contributed by atoms with van der Waals surface area (Å²) in [5.41, 5.74) is 6.22. The normalized spacial score (nSPS) is 15.3. The first kappa shape index (κ1) is 20.2. The molecule has 5 aromatic rings. The number of benzene rings is 2. The molecular formula is C26H21FN6O. The number of nitrogens with zero attached hydrogens (tertiary/aromatic N) is 3. The molecule has 168 valence electrons. The second-order valence-corrected chi connectivity index (χ2v) is 8.24. The summed E-state index contributed by atoms with van der Waals surface area (Å²) < 4.78 is 19.5. The minimum Gasteiger partial charge on any atom is -0.497 e. The number of nitrogens with one attached hydrogen (secondary N) is 3. The summed E-state index contributed by atoms with van der Waals surface area (Å²) in [5, 5.41) is 17.2. The van der Waals surface area contributed by atoms with Crippen LogP contribution in [0.2, 0.25) is 0 Å². The number of methoxy groups -OCH3 is 1. The first-order chi connectivity index (χ1) is 16.6. The molecular weight excluding hydrogens is 431 g/mol. The lowest BCUT2D eigenvalue weighted by molar-refractivity contribution is 0.411. The largest absolute Gasteiger partial charge is 0.497 e. The lowest BCUT2D eigenvalue weighted by Crippen LogP contribution is -2.25. The Morgan fingerprint density at radius 1 is 1.06 bits per heavy atom. The fourth-order valence-corrected chi connectivity index (χ4v) is 4.48. The number of aromatic nitrogens is 5. The zero-order valence-corrected chi connectivity index (χ0v) is 18.6. The van der Waals surface area contributed by atoms with E-state index >= 15 is 0 Å². The third kappa shape index (κ3) is 3.31. The second-order valence-electron chi connectivity index (χ2n) is 8.24. The van der Waals surface area contributed by atoms with E-state index in [2.05, 4.69) is 32.3 Å². The third-order valence-electron chi connectivity index (χ3n) is 6.14. The van der Waals surface area contributed by atoms with Gasteiger partial charge in [0.15, 0.2) is 0 Å². The van der Waals surface area contributed by atoms with Crippen molar-refractivity contribution in [1.29, 1.82) is 0 Å². The van der Waals surface area contributed by atoms with Crippen molar-refractivity contribution in [2.24, 2.45) is 4.99 Å². The minimum absolute atomic E-state index is 0.0776. The molecule has 0 aliphatic carbocycles. The Bertz CT molecular complexity index is 1680. The molecule has 7 nitrogen and oxygen atoms in total. The highest BCUT2D eigenvalue weighted by Gasteiger charge is 2.17. The van der Waals surface area contributed by atoms with E-state index in [1.54, 1.807) is 6.20 Å². The van der Waals surface area contributed by atoms with Crippen molar-refractivity contribution in [2.75, 3.05) is 7.11 Å². The lowest BCUT2D eigenvalue weighted by Gasteiger charge is -2.08. The molecule has 6 rings (SSSR count). The molecule has 1 aliphatic heterocycles. The number of rotatable bonds is 4. The van der Waals surface area contributed by atoms with Crippen LogP contribution in [0.1, 0.15) is 12.5 Å². The van der Waals surface area contributed by atoms with E-state index in [-0.39, 0.29) is 11.9 Å². The summed E-state index contributed by atoms with van der Waals surface area (Å²) >= 11 is 0. The van der Waals surface area contributed by atoms with Crippen LogP contribution in [0.5, 0.6) is 5.75 Å². The van der Waals surface area contributed by atoms with Crippen LogP contribution < -0.4 is 15.4 Å². The maximum Gasteiger partial charge on any atom is 0.134 e. The Balaban J connectivity index is 1.48. The maximum absolute atomic E-state index is 14.2. The van der Waals surface area contributed by atoms with Gasteiger partial charge in [0.25, 0.3) is 0 Å².